The summed E-state index contributed by atoms with van der Waals surface area (Å²) in [5.41, 5.74) is 1.27. The largest absolute Gasteiger partial charge is 0.350 e. The molecule has 1 fully saturated rings. The van der Waals surface area contributed by atoms with Gasteiger partial charge in [-0.2, -0.15) is 0 Å². The Morgan fingerprint density at radius 1 is 1.04 bits per heavy atom. The minimum absolute atomic E-state index is 0.0861. The standard InChI is InChI=1S/C19H20F2N2O/c20-16-9-8-15(12-17(16)21)19(24)22-13-18(23-10-4-5-11-23)14-6-2-1-3-7-14/h1-3,6-9,12,18H,4-5,10-11,13H2,(H,22,24)/t18-/m0/s1. The lowest BCUT2D eigenvalue weighted by atomic mass is 10.1. The first-order chi connectivity index (χ1) is 11.6. The Labute approximate surface area is 140 Å². The Kier molecular flexibility index (Phi) is 5.20. The first kappa shape index (κ1) is 16.6. The van der Waals surface area contributed by atoms with E-state index in [1.165, 1.54) is 6.07 Å². The van der Waals surface area contributed by atoms with Gasteiger partial charge in [0.25, 0.3) is 5.91 Å². The zero-order chi connectivity index (χ0) is 16.9. The van der Waals surface area contributed by atoms with Crippen LogP contribution in [0.2, 0.25) is 0 Å². The molecule has 24 heavy (non-hydrogen) atoms. The number of hydrogen-bond acceptors (Lipinski definition) is 2. The molecular formula is C19H20F2N2O. The molecule has 1 N–H and O–H groups in total. The van der Waals surface area contributed by atoms with Gasteiger partial charge >= 0.3 is 0 Å². The molecule has 3 rings (SSSR count). The van der Waals surface area contributed by atoms with Gasteiger partial charge in [-0.3, -0.25) is 9.69 Å². The number of carbonyl (C=O) groups is 1. The van der Waals surface area contributed by atoms with Crippen molar-refractivity contribution in [2.75, 3.05) is 19.6 Å². The number of nitrogens with zero attached hydrogens (tertiary/aromatic N) is 1. The van der Waals surface area contributed by atoms with Crippen LogP contribution >= 0.6 is 0 Å². The number of halogens is 2. The van der Waals surface area contributed by atoms with Crippen LogP contribution in [-0.4, -0.2) is 30.4 Å². The van der Waals surface area contributed by atoms with Crippen LogP contribution in [0, 0.1) is 11.6 Å². The van der Waals surface area contributed by atoms with E-state index in [-0.39, 0.29) is 11.6 Å². The third-order valence-electron chi connectivity index (χ3n) is 4.40. The molecule has 1 atom stereocenters. The molecule has 2 aromatic carbocycles. The number of nitrogens with one attached hydrogen (secondary N) is 1. The molecule has 1 amide bonds. The Bertz CT molecular complexity index is 700. The van der Waals surface area contributed by atoms with Crippen molar-refractivity contribution in [2.24, 2.45) is 0 Å². The molecule has 0 bridgehead atoms. The second kappa shape index (κ2) is 7.53. The van der Waals surface area contributed by atoms with Gasteiger partial charge in [0.2, 0.25) is 0 Å². The molecular weight excluding hydrogens is 310 g/mol. The van der Waals surface area contributed by atoms with E-state index in [2.05, 4.69) is 10.2 Å². The summed E-state index contributed by atoms with van der Waals surface area (Å²) in [5.74, 6) is -2.36. The van der Waals surface area contributed by atoms with Crippen LogP contribution in [-0.2, 0) is 0 Å². The summed E-state index contributed by atoms with van der Waals surface area (Å²) in [5, 5.41) is 2.85. The first-order valence-electron chi connectivity index (χ1n) is 8.17. The van der Waals surface area contributed by atoms with E-state index in [0.717, 1.165) is 43.6 Å². The van der Waals surface area contributed by atoms with Crippen molar-refractivity contribution in [3.8, 4) is 0 Å². The number of benzene rings is 2. The van der Waals surface area contributed by atoms with E-state index in [9.17, 15) is 13.6 Å². The van der Waals surface area contributed by atoms with Gasteiger partial charge in [0.1, 0.15) is 0 Å². The van der Waals surface area contributed by atoms with Crippen molar-refractivity contribution in [3.63, 3.8) is 0 Å². The van der Waals surface area contributed by atoms with Crippen molar-refractivity contribution < 1.29 is 13.6 Å². The molecule has 3 nitrogen and oxygen atoms in total. The highest BCUT2D eigenvalue weighted by Crippen LogP contribution is 2.24. The van der Waals surface area contributed by atoms with Crippen molar-refractivity contribution in [1.82, 2.24) is 10.2 Å². The average molecular weight is 330 g/mol. The zero-order valence-corrected chi connectivity index (χ0v) is 13.3. The van der Waals surface area contributed by atoms with E-state index in [1.54, 1.807) is 0 Å². The fraction of sp³-hybridized carbons (Fsp3) is 0.316. The highest BCUT2D eigenvalue weighted by molar-refractivity contribution is 5.94. The van der Waals surface area contributed by atoms with Crippen LogP contribution in [0.3, 0.4) is 0 Å². The Hall–Kier alpha value is -2.27. The Balaban J connectivity index is 1.71. The molecule has 0 aromatic heterocycles. The average Bonchev–Trinajstić information content (AvgIpc) is 3.12. The van der Waals surface area contributed by atoms with Crippen molar-refractivity contribution >= 4 is 5.91 Å². The van der Waals surface area contributed by atoms with Gasteiger partial charge in [0.05, 0.1) is 6.04 Å². The summed E-state index contributed by atoms with van der Waals surface area (Å²) in [7, 11) is 0. The summed E-state index contributed by atoms with van der Waals surface area (Å²) in [6.07, 6.45) is 2.31. The predicted octanol–water partition coefficient (Wildman–Crippen LogP) is 3.53. The van der Waals surface area contributed by atoms with Gasteiger partial charge in [-0.15, -0.1) is 0 Å². The fourth-order valence-electron chi connectivity index (χ4n) is 3.12. The van der Waals surface area contributed by atoms with E-state index in [0.29, 0.717) is 6.54 Å². The minimum atomic E-state index is -1.01. The predicted molar refractivity (Wildman–Crippen MR) is 88.7 cm³/mol. The van der Waals surface area contributed by atoms with E-state index in [4.69, 9.17) is 0 Å². The van der Waals surface area contributed by atoms with Crippen molar-refractivity contribution in [3.05, 3.63) is 71.3 Å². The molecule has 2 aromatic rings. The number of carbonyl (C=O) groups excluding carboxylic acids is 1. The number of likely N-dealkylation sites (tertiary alicyclic amines) is 1. The zero-order valence-electron chi connectivity index (χ0n) is 13.3. The smallest absolute Gasteiger partial charge is 0.251 e. The second-order valence-electron chi connectivity index (χ2n) is 6.01. The van der Waals surface area contributed by atoms with Crippen LogP contribution in [0.1, 0.15) is 34.8 Å². The van der Waals surface area contributed by atoms with Crippen LogP contribution in [0.15, 0.2) is 48.5 Å². The highest BCUT2D eigenvalue weighted by Gasteiger charge is 2.24. The number of rotatable bonds is 5. The van der Waals surface area contributed by atoms with Gasteiger partial charge in [0.15, 0.2) is 11.6 Å². The van der Waals surface area contributed by atoms with Crippen LogP contribution < -0.4 is 5.32 Å². The maximum atomic E-state index is 13.3. The van der Waals surface area contributed by atoms with Crippen LogP contribution in [0.5, 0.6) is 0 Å². The molecule has 0 saturated carbocycles. The minimum Gasteiger partial charge on any atom is -0.350 e. The number of hydrogen-bond donors (Lipinski definition) is 1. The maximum absolute atomic E-state index is 13.3. The first-order valence-corrected chi connectivity index (χ1v) is 8.17. The van der Waals surface area contributed by atoms with Crippen molar-refractivity contribution in [2.45, 2.75) is 18.9 Å². The van der Waals surface area contributed by atoms with Crippen LogP contribution in [0.4, 0.5) is 8.78 Å². The lowest BCUT2D eigenvalue weighted by molar-refractivity contribution is 0.0937. The third kappa shape index (κ3) is 3.79. The van der Waals surface area contributed by atoms with Gasteiger partial charge in [-0.25, -0.2) is 8.78 Å². The Morgan fingerprint density at radius 3 is 2.42 bits per heavy atom. The summed E-state index contributed by atoms with van der Waals surface area (Å²) in [6.45, 7) is 2.43. The second-order valence-corrected chi connectivity index (χ2v) is 6.01. The maximum Gasteiger partial charge on any atom is 0.251 e. The quantitative estimate of drug-likeness (QED) is 0.909. The summed E-state index contributed by atoms with van der Waals surface area (Å²) in [6, 6.07) is 13.3. The van der Waals surface area contributed by atoms with E-state index < -0.39 is 17.5 Å². The third-order valence-corrected chi connectivity index (χ3v) is 4.40. The lowest BCUT2D eigenvalue weighted by Gasteiger charge is -2.28. The fourth-order valence-corrected chi connectivity index (χ4v) is 3.12. The van der Waals surface area contributed by atoms with Crippen LogP contribution in [0.25, 0.3) is 0 Å². The molecule has 126 valence electrons. The molecule has 1 heterocycles. The topological polar surface area (TPSA) is 32.3 Å². The normalized spacial score (nSPS) is 16.1. The molecule has 5 heteroatoms. The van der Waals surface area contributed by atoms with Gasteiger partial charge in [-0.05, 0) is 49.7 Å². The Morgan fingerprint density at radius 2 is 1.75 bits per heavy atom. The van der Waals surface area contributed by atoms with E-state index in [1.807, 2.05) is 30.3 Å². The summed E-state index contributed by atoms with van der Waals surface area (Å²) in [4.78, 5) is 14.6. The molecule has 0 radical (unpaired) electrons. The molecule has 0 aliphatic carbocycles. The highest BCUT2D eigenvalue weighted by atomic mass is 19.2. The monoisotopic (exact) mass is 330 g/mol. The molecule has 1 aliphatic heterocycles. The molecule has 0 unspecified atom stereocenters. The molecule has 1 saturated heterocycles. The number of amides is 1. The van der Waals surface area contributed by atoms with E-state index >= 15 is 0 Å². The van der Waals surface area contributed by atoms with Gasteiger partial charge in [0, 0.05) is 12.1 Å². The van der Waals surface area contributed by atoms with Gasteiger partial charge in [-0.1, -0.05) is 30.3 Å². The lowest BCUT2D eigenvalue weighted by Crippen LogP contribution is -2.36. The SMILES string of the molecule is O=C(NC[C@@H](c1ccccc1)N1CCCC1)c1ccc(F)c(F)c1. The van der Waals surface area contributed by atoms with Crippen molar-refractivity contribution in [1.29, 1.82) is 0 Å². The summed E-state index contributed by atoms with van der Waals surface area (Å²) >= 11 is 0. The summed E-state index contributed by atoms with van der Waals surface area (Å²) < 4.78 is 26.3. The molecule has 1 aliphatic rings. The molecule has 0 spiro atoms. The van der Waals surface area contributed by atoms with Gasteiger partial charge < -0.3 is 5.32 Å².